The zero-order chi connectivity index (χ0) is 20.8. The third-order valence-corrected chi connectivity index (χ3v) is 4.99. The van der Waals surface area contributed by atoms with E-state index in [9.17, 15) is 4.39 Å². The van der Waals surface area contributed by atoms with Crippen molar-refractivity contribution in [2.45, 2.75) is 6.54 Å². The molecule has 3 aromatic carbocycles. The average molecular weight is 401 g/mol. The summed E-state index contributed by atoms with van der Waals surface area (Å²) in [6, 6.07) is 25.2. The molecule has 0 radical (unpaired) electrons. The Kier molecular flexibility index (Phi) is 6.32. The molecule has 0 spiro atoms. The summed E-state index contributed by atoms with van der Waals surface area (Å²) < 4.78 is 21.6. The van der Waals surface area contributed by atoms with Crippen molar-refractivity contribution in [3.63, 3.8) is 0 Å². The molecular formula is C25H24FN3O. The smallest absolute Gasteiger partial charge is 0.132 e. The monoisotopic (exact) mass is 401 g/mol. The fourth-order valence-corrected chi connectivity index (χ4v) is 3.47. The van der Waals surface area contributed by atoms with E-state index in [2.05, 4.69) is 34.7 Å². The summed E-state index contributed by atoms with van der Waals surface area (Å²) in [5, 5.41) is 7.91. The van der Waals surface area contributed by atoms with Crippen molar-refractivity contribution >= 4 is 0 Å². The van der Waals surface area contributed by atoms with E-state index in [0.29, 0.717) is 25.3 Å². The lowest BCUT2D eigenvalue weighted by Gasteiger charge is -2.12. The zero-order valence-corrected chi connectivity index (χ0v) is 16.9. The average Bonchev–Trinajstić information content (AvgIpc) is 3.21. The van der Waals surface area contributed by atoms with Crippen molar-refractivity contribution in [1.82, 2.24) is 15.1 Å². The van der Waals surface area contributed by atoms with Crippen LogP contribution in [0.5, 0.6) is 0 Å². The molecule has 1 heterocycles. The van der Waals surface area contributed by atoms with Gasteiger partial charge in [-0.15, -0.1) is 0 Å². The van der Waals surface area contributed by atoms with Crippen LogP contribution in [0.25, 0.3) is 28.1 Å². The Morgan fingerprint density at radius 3 is 2.33 bits per heavy atom. The van der Waals surface area contributed by atoms with Crippen LogP contribution in [0.1, 0.15) is 5.56 Å². The molecule has 4 rings (SSSR count). The highest BCUT2D eigenvalue weighted by Crippen LogP contribution is 2.30. The van der Waals surface area contributed by atoms with Crippen LogP contribution in [0.15, 0.2) is 85.1 Å². The van der Waals surface area contributed by atoms with Crippen LogP contribution in [0.3, 0.4) is 0 Å². The van der Waals surface area contributed by atoms with Crippen LogP contribution in [-0.4, -0.2) is 30.0 Å². The van der Waals surface area contributed by atoms with E-state index in [4.69, 9.17) is 4.74 Å². The van der Waals surface area contributed by atoms with Crippen molar-refractivity contribution in [3.05, 3.63) is 96.4 Å². The number of nitrogens with zero attached hydrogens (tertiary/aromatic N) is 2. The molecule has 0 saturated heterocycles. The second-order valence-electron chi connectivity index (χ2n) is 6.99. The Bertz CT molecular complexity index is 1090. The van der Waals surface area contributed by atoms with Gasteiger partial charge in [0, 0.05) is 31.3 Å². The molecule has 0 atom stereocenters. The minimum atomic E-state index is -0.265. The molecule has 30 heavy (non-hydrogen) atoms. The summed E-state index contributed by atoms with van der Waals surface area (Å²) in [6.07, 6.45) is 1.80. The van der Waals surface area contributed by atoms with Gasteiger partial charge < -0.3 is 10.1 Å². The normalized spacial score (nSPS) is 11.0. The predicted molar refractivity (Wildman–Crippen MR) is 118 cm³/mol. The van der Waals surface area contributed by atoms with Crippen LogP contribution in [0.2, 0.25) is 0 Å². The SMILES string of the molecule is COCCNCc1cnn(-c2ccc(-c3ccccc3)cc2)c1-c1ccccc1F. The lowest BCUT2D eigenvalue weighted by atomic mass is 10.0. The first-order valence-electron chi connectivity index (χ1n) is 9.95. The third kappa shape index (κ3) is 4.32. The highest BCUT2D eigenvalue weighted by Gasteiger charge is 2.17. The van der Waals surface area contributed by atoms with Crippen LogP contribution >= 0.6 is 0 Å². The quantitative estimate of drug-likeness (QED) is 0.419. The standard InChI is InChI=1S/C25H24FN3O/c1-30-16-15-27-17-21-18-28-29(25(21)23-9-5-6-10-24(23)26)22-13-11-20(12-14-22)19-7-3-2-4-8-19/h2-14,18,27H,15-17H2,1H3. The molecule has 5 heteroatoms. The van der Waals surface area contributed by atoms with Gasteiger partial charge in [-0.05, 0) is 35.4 Å². The largest absolute Gasteiger partial charge is 0.383 e. The molecule has 0 unspecified atom stereocenters. The van der Waals surface area contributed by atoms with Gasteiger partial charge in [0.15, 0.2) is 0 Å². The summed E-state index contributed by atoms with van der Waals surface area (Å²) in [4.78, 5) is 0. The Labute approximate surface area is 175 Å². The van der Waals surface area contributed by atoms with Crippen LogP contribution in [-0.2, 0) is 11.3 Å². The maximum atomic E-state index is 14.7. The highest BCUT2D eigenvalue weighted by molar-refractivity contribution is 5.68. The van der Waals surface area contributed by atoms with E-state index in [1.807, 2.05) is 36.4 Å². The Balaban J connectivity index is 1.71. The number of aromatic nitrogens is 2. The molecule has 0 aliphatic carbocycles. The predicted octanol–water partition coefficient (Wildman–Crippen LogP) is 5.08. The number of methoxy groups -OCH3 is 1. The topological polar surface area (TPSA) is 39.1 Å². The van der Waals surface area contributed by atoms with Gasteiger partial charge >= 0.3 is 0 Å². The first-order chi connectivity index (χ1) is 14.8. The molecule has 1 aromatic heterocycles. The molecular weight excluding hydrogens is 377 g/mol. The minimum Gasteiger partial charge on any atom is -0.383 e. The van der Waals surface area contributed by atoms with E-state index in [1.165, 1.54) is 6.07 Å². The highest BCUT2D eigenvalue weighted by atomic mass is 19.1. The van der Waals surface area contributed by atoms with Gasteiger partial charge in [-0.25, -0.2) is 9.07 Å². The number of hydrogen-bond acceptors (Lipinski definition) is 3. The van der Waals surface area contributed by atoms with Gasteiger partial charge in [-0.3, -0.25) is 0 Å². The maximum absolute atomic E-state index is 14.7. The van der Waals surface area contributed by atoms with Crippen LogP contribution < -0.4 is 5.32 Å². The molecule has 0 bridgehead atoms. The van der Waals surface area contributed by atoms with Crippen molar-refractivity contribution in [1.29, 1.82) is 0 Å². The summed E-state index contributed by atoms with van der Waals surface area (Å²) in [7, 11) is 1.67. The van der Waals surface area contributed by atoms with E-state index in [1.54, 1.807) is 30.1 Å². The van der Waals surface area contributed by atoms with Crippen molar-refractivity contribution in [2.24, 2.45) is 0 Å². The molecule has 0 aliphatic rings. The lowest BCUT2D eigenvalue weighted by Crippen LogP contribution is -2.18. The van der Waals surface area contributed by atoms with Gasteiger partial charge in [-0.2, -0.15) is 5.10 Å². The van der Waals surface area contributed by atoms with Crippen molar-refractivity contribution < 1.29 is 9.13 Å². The summed E-state index contributed by atoms with van der Waals surface area (Å²) in [6.45, 7) is 1.91. The zero-order valence-electron chi connectivity index (χ0n) is 16.9. The van der Waals surface area contributed by atoms with Gasteiger partial charge in [0.2, 0.25) is 0 Å². The molecule has 4 nitrogen and oxygen atoms in total. The second kappa shape index (κ2) is 9.48. The molecule has 152 valence electrons. The van der Waals surface area contributed by atoms with Gasteiger partial charge in [0.25, 0.3) is 0 Å². The molecule has 4 aromatic rings. The van der Waals surface area contributed by atoms with Crippen molar-refractivity contribution in [3.8, 4) is 28.1 Å². The van der Waals surface area contributed by atoms with Crippen molar-refractivity contribution in [2.75, 3.05) is 20.3 Å². The van der Waals surface area contributed by atoms with E-state index in [0.717, 1.165) is 28.1 Å². The summed E-state index contributed by atoms with van der Waals surface area (Å²) in [5.74, 6) is -0.265. The summed E-state index contributed by atoms with van der Waals surface area (Å²) >= 11 is 0. The van der Waals surface area contributed by atoms with E-state index < -0.39 is 0 Å². The van der Waals surface area contributed by atoms with E-state index in [-0.39, 0.29) is 5.82 Å². The minimum absolute atomic E-state index is 0.265. The molecule has 0 saturated carbocycles. The fraction of sp³-hybridized carbons (Fsp3) is 0.160. The van der Waals surface area contributed by atoms with E-state index >= 15 is 0 Å². The number of rotatable bonds is 8. The van der Waals surface area contributed by atoms with Gasteiger partial charge in [0.05, 0.1) is 24.2 Å². The number of hydrogen-bond donors (Lipinski definition) is 1. The third-order valence-electron chi connectivity index (χ3n) is 4.99. The van der Waals surface area contributed by atoms with Crippen LogP contribution in [0.4, 0.5) is 4.39 Å². The summed E-state index contributed by atoms with van der Waals surface area (Å²) in [5.41, 5.74) is 5.39. The van der Waals surface area contributed by atoms with Gasteiger partial charge in [0.1, 0.15) is 5.82 Å². The molecule has 0 aliphatic heterocycles. The van der Waals surface area contributed by atoms with Crippen LogP contribution in [0, 0.1) is 5.82 Å². The molecule has 1 N–H and O–H groups in total. The number of nitrogens with one attached hydrogen (secondary N) is 1. The Morgan fingerprint density at radius 1 is 0.900 bits per heavy atom. The molecule has 0 amide bonds. The number of benzene rings is 3. The Hall–Kier alpha value is -3.28. The lowest BCUT2D eigenvalue weighted by molar-refractivity contribution is 0.199. The first-order valence-corrected chi connectivity index (χ1v) is 9.95. The Morgan fingerprint density at radius 2 is 1.60 bits per heavy atom. The fourth-order valence-electron chi connectivity index (χ4n) is 3.47. The molecule has 0 fully saturated rings. The first kappa shape index (κ1) is 20.0. The number of ether oxygens (including phenoxy) is 1. The number of halogens is 1. The maximum Gasteiger partial charge on any atom is 0.132 e. The van der Waals surface area contributed by atoms with Gasteiger partial charge in [-0.1, -0.05) is 54.6 Å². The second-order valence-corrected chi connectivity index (χ2v) is 6.99.